The first-order chi connectivity index (χ1) is 10.7. The maximum atomic E-state index is 13.2. The SMILES string of the molecule is O=C(O)[C@H]1CC[C@@H](C(=O)N2CCC(C(F)(F)F)C3(CCC3)C2)O1. The van der Waals surface area contributed by atoms with E-state index in [1.54, 1.807) is 0 Å². The summed E-state index contributed by atoms with van der Waals surface area (Å²) in [6.45, 7) is 0.163. The molecule has 8 heteroatoms. The summed E-state index contributed by atoms with van der Waals surface area (Å²) in [5.74, 6) is -2.81. The van der Waals surface area contributed by atoms with Gasteiger partial charge in [-0.25, -0.2) is 4.79 Å². The Kier molecular flexibility index (Phi) is 4.06. The summed E-state index contributed by atoms with van der Waals surface area (Å²) in [5, 5.41) is 8.90. The molecule has 3 rings (SSSR count). The van der Waals surface area contributed by atoms with Gasteiger partial charge >= 0.3 is 12.1 Å². The van der Waals surface area contributed by atoms with Crippen LogP contribution >= 0.6 is 0 Å². The molecule has 1 aliphatic carbocycles. The number of carbonyl (C=O) groups excluding carboxylic acids is 1. The van der Waals surface area contributed by atoms with Crippen molar-refractivity contribution in [1.82, 2.24) is 4.90 Å². The summed E-state index contributed by atoms with van der Waals surface area (Å²) in [4.78, 5) is 24.8. The van der Waals surface area contributed by atoms with E-state index in [1.165, 1.54) is 4.90 Å². The fourth-order valence-electron chi connectivity index (χ4n) is 4.20. The van der Waals surface area contributed by atoms with E-state index in [-0.39, 0.29) is 31.8 Å². The van der Waals surface area contributed by atoms with Crippen LogP contribution in [0.1, 0.15) is 38.5 Å². The van der Waals surface area contributed by atoms with Crippen molar-refractivity contribution in [2.24, 2.45) is 11.3 Å². The summed E-state index contributed by atoms with van der Waals surface area (Å²) in [6.07, 6.45) is -3.83. The summed E-state index contributed by atoms with van der Waals surface area (Å²) < 4.78 is 44.9. The van der Waals surface area contributed by atoms with Crippen LogP contribution in [0.25, 0.3) is 0 Å². The van der Waals surface area contributed by atoms with E-state index < -0.39 is 35.7 Å². The maximum Gasteiger partial charge on any atom is 0.392 e. The first-order valence-corrected chi connectivity index (χ1v) is 7.97. The van der Waals surface area contributed by atoms with E-state index in [0.717, 1.165) is 6.42 Å². The van der Waals surface area contributed by atoms with Gasteiger partial charge in [0.1, 0.15) is 6.10 Å². The van der Waals surface area contributed by atoms with E-state index in [0.29, 0.717) is 19.3 Å². The number of aliphatic carboxylic acids is 1. The molecule has 5 nitrogen and oxygen atoms in total. The van der Waals surface area contributed by atoms with Crippen molar-refractivity contribution in [3.8, 4) is 0 Å². The molecule has 0 bridgehead atoms. The second kappa shape index (κ2) is 5.65. The van der Waals surface area contributed by atoms with Crippen molar-refractivity contribution < 1.29 is 32.6 Å². The highest BCUT2D eigenvalue weighted by atomic mass is 19.4. The van der Waals surface area contributed by atoms with Gasteiger partial charge in [-0.15, -0.1) is 0 Å². The Morgan fingerprint density at radius 1 is 1.13 bits per heavy atom. The van der Waals surface area contributed by atoms with E-state index in [1.807, 2.05) is 0 Å². The normalized spacial score (nSPS) is 33.5. The largest absolute Gasteiger partial charge is 0.479 e. The monoisotopic (exact) mass is 335 g/mol. The minimum Gasteiger partial charge on any atom is -0.479 e. The predicted octanol–water partition coefficient (Wildman–Crippen LogP) is 2.20. The third-order valence-electron chi connectivity index (χ3n) is 5.56. The standard InChI is InChI=1S/C15H20F3NO4/c16-15(17,18)11-4-7-19(8-14(11)5-1-6-14)12(20)9-2-3-10(23-9)13(21)22/h9-11H,1-8H2,(H,21,22)/t9-,10+,11?/m0/s1. The molecular formula is C15H20F3NO4. The molecular weight excluding hydrogens is 315 g/mol. The molecule has 2 heterocycles. The number of carboxylic acids is 1. The number of carbonyl (C=O) groups is 2. The summed E-state index contributed by atoms with van der Waals surface area (Å²) in [7, 11) is 0. The number of halogens is 3. The van der Waals surface area contributed by atoms with Gasteiger partial charge in [0.05, 0.1) is 5.92 Å². The number of likely N-dealkylation sites (tertiary alicyclic amines) is 1. The lowest BCUT2D eigenvalue weighted by Gasteiger charge is -2.54. The van der Waals surface area contributed by atoms with Crippen molar-refractivity contribution in [2.45, 2.75) is 56.9 Å². The number of hydrogen-bond acceptors (Lipinski definition) is 3. The number of ether oxygens (including phenoxy) is 1. The molecule has 130 valence electrons. The lowest BCUT2D eigenvalue weighted by Crippen LogP contribution is -2.59. The molecule has 1 amide bonds. The topological polar surface area (TPSA) is 66.8 Å². The molecule has 1 N–H and O–H groups in total. The predicted molar refractivity (Wildman–Crippen MR) is 72.6 cm³/mol. The minimum absolute atomic E-state index is 0.0579. The Morgan fingerprint density at radius 3 is 2.26 bits per heavy atom. The molecule has 0 radical (unpaired) electrons. The Hall–Kier alpha value is -1.31. The molecule has 2 saturated heterocycles. The van der Waals surface area contributed by atoms with Gasteiger partial charge in [0.15, 0.2) is 6.10 Å². The number of alkyl halides is 3. The lowest BCUT2D eigenvalue weighted by atomic mass is 9.58. The number of rotatable bonds is 2. The van der Waals surface area contributed by atoms with Crippen LogP contribution in [0, 0.1) is 11.3 Å². The van der Waals surface area contributed by atoms with Gasteiger partial charge in [0.25, 0.3) is 5.91 Å². The third kappa shape index (κ3) is 2.93. The first kappa shape index (κ1) is 16.5. The molecule has 0 aromatic rings. The Bertz CT molecular complexity index is 503. The fraction of sp³-hybridized carbons (Fsp3) is 0.867. The molecule has 1 spiro atoms. The van der Waals surface area contributed by atoms with Crippen LogP contribution in [0.4, 0.5) is 13.2 Å². The van der Waals surface area contributed by atoms with Gasteiger partial charge in [0.2, 0.25) is 0 Å². The van der Waals surface area contributed by atoms with Gasteiger partial charge in [-0.2, -0.15) is 13.2 Å². The Labute approximate surface area is 131 Å². The molecule has 1 unspecified atom stereocenters. The van der Waals surface area contributed by atoms with Crippen LogP contribution in [-0.4, -0.2) is 53.4 Å². The van der Waals surface area contributed by atoms with Crippen molar-refractivity contribution >= 4 is 11.9 Å². The van der Waals surface area contributed by atoms with E-state index in [4.69, 9.17) is 9.84 Å². The summed E-state index contributed by atoms with van der Waals surface area (Å²) in [5.41, 5.74) is -0.850. The maximum absolute atomic E-state index is 13.2. The van der Waals surface area contributed by atoms with Crippen LogP contribution in [0.5, 0.6) is 0 Å². The molecule has 3 aliphatic rings. The van der Waals surface area contributed by atoms with Crippen molar-refractivity contribution in [3.63, 3.8) is 0 Å². The zero-order chi connectivity index (χ0) is 16.8. The molecule has 23 heavy (non-hydrogen) atoms. The van der Waals surface area contributed by atoms with E-state index in [9.17, 15) is 22.8 Å². The molecule has 3 fully saturated rings. The van der Waals surface area contributed by atoms with Crippen LogP contribution in [0.2, 0.25) is 0 Å². The average molecular weight is 335 g/mol. The Morgan fingerprint density at radius 2 is 1.78 bits per heavy atom. The van der Waals surface area contributed by atoms with E-state index in [2.05, 4.69) is 0 Å². The molecule has 3 atom stereocenters. The van der Waals surface area contributed by atoms with Crippen molar-refractivity contribution in [3.05, 3.63) is 0 Å². The quantitative estimate of drug-likeness (QED) is 0.840. The van der Waals surface area contributed by atoms with Crippen molar-refractivity contribution in [2.75, 3.05) is 13.1 Å². The highest BCUT2D eigenvalue weighted by molar-refractivity contribution is 5.83. The first-order valence-electron chi connectivity index (χ1n) is 7.97. The number of hydrogen-bond donors (Lipinski definition) is 1. The number of piperidine rings is 1. The zero-order valence-corrected chi connectivity index (χ0v) is 12.6. The van der Waals surface area contributed by atoms with Gasteiger partial charge in [-0.05, 0) is 37.5 Å². The van der Waals surface area contributed by atoms with Gasteiger partial charge in [0, 0.05) is 13.1 Å². The number of nitrogens with zero attached hydrogens (tertiary/aromatic N) is 1. The summed E-state index contributed by atoms with van der Waals surface area (Å²) in [6, 6.07) is 0. The Balaban J connectivity index is 1.67. The van der Waals surface area contributed by atoms with E-state index >= 15 is 0 Å². The second-order valence-electron chi connectivity index (χ2n) is 6.89. The number of amides is 1. The summed E-state index contributed by atoms with van der Waals surface area (Å²) >= 11 is 0. The van der Waals surface area contributed by atoms with Gasteiger partial charge < -0.3 is 14.7 Å². The van der Waals surface area contributed by atoms with Gasteiger partial charge in [-0.1, -0.05) is 6.42 Å². The highest BCUT2D eigenvalue weighted by Crippen LogP contribution is 2.56. The lowest BCUT2D eigenvalue weighted by molar-refractivity contribution is -0.238. The van der Waals surface area contributed by atoms with Crippen LogP contribution in [-0.2, 0) is 14.3 Å². The highest BCUT2D eigenvalue weighted by Gasteiger charge is 2.58. The molecule has 2 aliphatic heterocycles. The van der Waals surface area contributed by atoms with Crippen LogP contribution < -0.4 is 0 Å². The molecule has 1 saturated carbocycles. The van der Waals surface area contributed by atoms with Crippen LogP contribution in [0.15, 0.2) is 0 Å². The zero-order valence-electron chi connectivity index (χ0n) is 12.6. The fourth-order valence-corrected chi connectivity index (χ4v) is 4.20. The minimum atomic E-state index is -4.23. The van der Waals surface area contributed by atoms with Gasteiger partial charge in [-0.3, -0.25) is 4.79 Å². The third-order valence-corrected chi connectivity index (χ3v) is 5.56. The number of carboxylic acid groups (broad SMARTS) is 1. The van der Waals surface area contributed by atoms with Crippen LogP contribution in [0.3, 0.4) is 0 Å². The molecule has 0 aromatic carbocycles. The van der Waals surface area contributed by atoms with Crippen molar-refractivity contribution in [1.29, 1.82) is 0 Å². The smallest absolute Gasteiger partial charge is 0.392 e. The molecule has 0 aromatic heterocycles. The second-order valence-corrected chi connectivity index (χ2v) is 6.89. The average Bonchev–Trinajstić information content (AvgIpc) is 2.93.